The quantitative estimate of drug-likeness (QED) is 0.691. The minimum absolute atomic E-state index is 0.0556. The molecule has 2 aromatic heterocycles. The molecule has 2 N–H and O–H groups in total. The maximum absolute atomic E-state index is 12.1. The highest BCUT2D eigenvalue weighted by molar-refractivity contribution is 7.14. The number of nitrogens with zero attached hydrogens (tertiary/aromatic N) is 3. The van der Waals surface area contributed by atoms with Gasteiger partial charge in [0.1, 0.15) is 5.75 Å². The number of ether oxygens (including phenoxy) is 1. The number of amides is 2. The average molecular weight is 369 g/mol. The molecular formula is C17H15N5O3S. The lowest BCUT2D eigenvalue weighted by Crippen LogP contribution is -2.16. The topological polar surface area (TPSA) is 106 Å². The van der Waals surface area contributed by atoms with Crippen LogP contribution >= 0.6 is 11.3 Å². The van der Waals surface area contributed by atoms with Crippen LogP contribution in [0.3, 0.4) is 0 Å². The zero-order valence-corrected chi connectivity index (χ0v) is 14.6. The van der Waals surface area contributed by atoms with Gasteiger partial charge in [0.15, 0.2) is 5.13 Å². The first kappa shape index (κ1) is 17.5. The molecule has 0 fully saturated rings. The minimum atomic E-state index is -0.452. The summed E-state index contributed by atoms with van der Waals surface area (Å²) in [6.07, 6.45) is 3.06. The molecule has 3 aromatic rings. The Labute approximate surface area is 153 Å². The molecule has 26 heavy (non-hydrogen) atoms. The fourth-order valence-corrected chi connectivity index (χ4v) is 2.79. The van der Waals surface area contributed by atoms with E-state index in [0.29, 0.717) is 22.3 Å². The highest BCUT2D eigenvalue weighted by Gasteiger charge is 2.13. The maximum Gasteiger partial charge on any atom is 0.295 e. The van der Waals surface area contributed by atoms with Crippen molar-refractivity contribution >= 4 is 34.0 Å². The number of rotatable bonds is 6. The summed E-state index contributed by atoms with van der Waals surface area (Å²) in [5.74, 6) is 0.0461. The van der Waals surface area contributed by atoms with Crippen molar-refractivity contribution in [1.29, 1.82) is 0 Å². The molecule has 0 aliphatic heterocycles. The smallest absolute Gasteiger partial charge is 0.295 e. The first-order chi connectivity index (χ1) is 12.6. The van der Waals surface area contributed by atoms with Gasteiger partial charge in [0.25, 0.3) is 5.91 Å². The molecule has 0 aliphatic carbocycles. The van der Waals surface area contributed by atoms with E-state index in [0.717, 1.165) is 0 Å². The Morgan fingerprint density at radius 1 is 1.15 bits per heavy atom. The Hall–Kier alpha value is -3.33. The van der Waals surface area contributed by atoms with Gasteiger partial charge in [-0.1, -0.05) is 6.07 Å². The van der Waals surface area contributed by atoms with Crippen LogP contribution in [0.25, 0.3) is 0 Å². The Bertz CT molecular complexity index is 914. The molecule has 2 heterocycles. The Balaban J connectivity index is 1.57. The van der Waals surface area contributed by atoms with Crippen LogP contribution in [0.1, 0.15) is 16.3 Å². The molecule has 0 bridgehead atoms. The van der Waals surface area contributed by atoms with E-state index in [1.165, 1.54) is 23.7 Å². The molecule has 132 valence electrons. The summed E-state index contributed by atoms with van der Waals surface area (Å²) in [7, 11) is 1.56. The maximum atomic E-state index is 12.1. The van der Waals surface area contributed by atoms with E-state index >= 15 is 0 Å². The summed E-state index contributed by atoms with van der Waals surface area (Å²) in [6.45, 7) is 0. The molecule has 0 atom stereocenters. The van der Waals surface area contributed by atoms with E-state index in [1.807, 2.05) is 0 Å². The van der Waals surface area contributed by atoms with Gasteiger partial charge >= 0.3 is 0 Å². The fourth-order valence-electron chi connectivity index (χ4n) is 2.09. The lowest BCUT2D eigenvalue weighted by molar-refractivity contribution is -0.115. The number of carbonyl (C=O) groups is 2. The van der Waals surface area contributed by atoms with E-state index in [1.54, 1.807) is 42.8 Å². The van der Waals surface area contributed by atoms with E-state index in [-0.39, 0.29) is 18.2 Å². The number of aromatic nitrogens is 3. The predicted molar refractivity (Wildman–Crippen MR) is 97.4 cm³/mol. The molecule has 0 radical (unpaired) electrons. The second kappa shape index (κ2) is 8.17. The number of anilines is 2. The van der Waals surface area contributed by atoms with E-state index < -0.39 is 5.91 Å². The van der Waals surface area contributed by atoms with Gasteiger partial charge in [-0.25, -0.2) is 15.0 Å². The molecular weight excluding hydrogens is 354 g/mol. The van der Waals surface area contributed by atoms with Crippen molar-refractivity contribution in [2.24, 2.45) is 0 Å². The summed E-state index contributed by atoms with van der Waals surface area (Å²) in [6, 6.07) is 8.70. The molecule has 0 aliphatic rings. The van der Waals surface area contributed by atoms with E-state index in [4.69, 9.17) is 4.74 Å². The van der Waals surface area contributed by atoms with Crippen LogP contribution in [0.5, 0.6) is 5.75 Å². The highest BCUT2D eigenvalue weighted by atomic mass is 32.1. The third-order valence-electron chi connectivity index (χ3n) is 3.24. The van der Waals surface area contributed by atoms with Crippen LogP contribution in [0.15, 0.2) is 48.1 Å². The van der Waals surface area contributed by atoms with Crippen molar-refractivity contribution in [2.45, 2.75) is 6.42 Å². The van der Waals surface area contributed by atoms with E-state index in [9.17, 15) is 9.59 Å². The number of thiazole rings is 1. The third-order valence-corrected chi connectivity index (χ3v) is 4.04. The summed E-state index contributed by atoms with van der Waals surface area (Å²) in [4.78, 5) is 36.1. The molecule has 0 saturated heterocycles. The highest BCUT2D eigenvalue weighted by Crippen LogP contribution is 2.19. The summed E-state index contributed by atoms with van der Waals surface area (Å²) >= 11 is 1.23. The first-order valence-electron chi connectivity index (χ1n) is 7.61. The van der Waals surface area contributed by atoms with Crippen LogP contribution in [0.2, 0.25) is 0 Å². The standard InChI is InChI=1S/C17H15N5O3S/c1-25-13-5-2-4-11(8-13)20-14(23)9-12-10-26-17(21-12)22-16(24)15-18-6-3-7-19-15/h2-8,10H,9H2,1H3,(H,20,23)(H,21,22,24). The van der Waals surface area contributed by atoms with Gasteiger partial charge in [0.05, 0.1) is 19.2 Å². The normalized spacial score (nSPS) is 10.2. The zero-order valence-electron chi connectivity index (χ0n) is 13.8. The lowest BCUT2D eigenvalue weighted by Gasteiger charge is -2.06. The van der Waals surface area contributed by atoms with Crippen molar-refractivity contribution in [3.8, 4) is 5.75 Å². The lowest BCUT2D eigenvalue weighted by atomic mass is 10.2. The molecule has 0 unspecified atom stereocenters. The minimum Gasteiger partial charge on any atom is -0.497 e. The molecule has 0 saturated carbocycles. The summed E-state index contributed by atoms with van der Waals surface area (Å²) in [5, 5.41) is 7.49. The van der Waals surface area contributed by atoms with Crippen LogP contribution < -0.4 is 15.4 Å². The molecule has 1 aromatic carbocycles. The van der Waals surface area contributed by atoms with Gasteiger partial charge in [-0.3, -0.25) is 14.9 Å². The van der Waals surface area contributed by atoms with Gasteiger partial charge in [-0.2, -0.15) is 0 Å². The number of benzene rings is 1. The van der Waals surface area contributed by atoms with Gasteiger partial charge in [0.2, 0.25) is 11.7 Å². The van der Waals surface area contributed by atoms with E-state index in [2.05, 4.69) is 25.6 Å². The Kier molecular flexibility index (Phi) is 5.49. The van der Waals surface area contributed by atoms with Crippen LogP contribution in [0, 0.1) is 0 Å². The zero-order chi connectivity index (χ0) is 18.4. The SMILES string of the molecule is COc1cccc(NC(=O)Cc2csc(NC(=O)c3ncccn3)n2)c1. The van der Waals surface area contributed by atoms with Crippen LogP contribution in [-0.4, -0.2) is 33.9 Å². The predicted octanol–water partition coefficient (Wildman–Crippen LogP) is 2.38. The first-order valence-corrected chi connectivity index (χ1v) is 8.48. The summed E-state index contributed by atoms with van der Waals surface area (Å²) in [5.41, 5.74) is 1.19. The van der Waals surface area contributed by atoms with Crippen LogP contribution in [-0.2, 0) is 11.2 Å². The van der Waals surface area contributed by atoms with Crippen molar-refractivity contribution in [2.75, 3.05) is 17.7 Å². The number of hydrogen-bond acceptors (Lipinski definition) is 7. The Morgan fingerprint density at radius 3 is 2.73 bits per heavy atom. The van der Waals surface area contributed by atoms with Gasteiger partial charge in [-0.15, -0.1) is 11.3 Å². The van der Waals surface area contributed by atoms with Crippen molar-refractivity contribution in [1.82, 2.24) is 15.0 Å². The van der Waals surface area contributed by atoms with Crippen molar-refractivity contribution in [3.05, 3.63) is 59.6 Å². The molecule has 0 spiro atoms. The molecule has 3 rings (SSSR count). The second-order valence-electron chi connectivity index (χ2n) is 5.13. The van der Waals surface area contributed by atoms with Crippen molar-refractivity contribution in [3.63, 3.8) is 0 Å². The molecule has 9 heteroatoms. The Morgan fingerprint density at radius 2 is 1.96 bits per heavy atom. The van der Waals surface area contributed by atoms with Gasteiger partial charge in [-0.05, 0) is 18.2 Å². The average Bonchev–Trinajstić information content (AvgIpc) is 3.09. The van der Waals surface area contributed by atoms with Gasteiger partial charge < -0.3 is 10.1 Å². The number of nitrogens with one attached hydrogen (secondary N) is 2. The molecule has 8 nitrogen and oxygen atoms in total. The number of hydrogen-bond donors (Lipinski definition) is 2. The monoisotopic (exact) mass is 369 g/mol. The van der Waals surface area contributed by atoms with Crippen LogP contribution in [0.4, 0.5) is 10.8 Å². The number of carbonyl (C=O) groups excluding carboxylic acids is 2. The third kappa shape index (κ3) is 4.61. The largest absolute Gasteiger partial charge is 0.497 e. The van der Waals surface area contributed by atoms with Gasteiger partial charge in [0, 0.05) is 29.5 Å². The second-order valence-corrected chi connectivity index (χ2v) is 5.99. The molecule has 2 amide bonds. The number of methoxy groups -OCH3 is 1. The fraction of sp³-hybridized carbons (Fsp3) is 0.118. The van der Waals surface area contributed by atoms with Crippen molar-refractivity contribution < 1.29 is 14.3 Å². The summed E-state index contributed by atoms with van der Waals surface area (Å²) < 4.78 is 5.12.